The van der Waals surface area contributed by atoms with Gasteiger partial charge in [0.05, 0.1) is 24.8 Å². The number of hydrogen-bond acceptors (Lipinski definition) is 6. The van der Waals surface area contributed by atoms with Gasteiger partial charge in [-0.25, -0.2) is 8.42 Å². The molecule has 0 aromatic heterocycles. The molecule has 3 rings (SSSR count). The molecule has 0 aliphatic rings. The Labute approximate surface area is 230 Å². The minimum atomic E-state index is -4.13. The van der Waals surface area contributed by atoms with Gasteiger partial charge in [-0.3, -0.25) is 13.9 Å². The molecule has 1 atom stereocenters. The maximum atomic E-state index is 13.9. The molecule has 0 fully saturated rings. The summed E-state index contributed by atoms with van der Waals surface area (Å²) in [7, 11) is -1.07. The van der Waals surface area contributed by atoms with Gasteiger partial charge >= 0.3 is 0 Å². The number of ether oxygens (including phenoxy) is 2. The minimum Gasteiger partial charge on any atom is -0.497 e. The van der Waals surface area contributed by atoms with Crippen LogP contribution in [0.15, 0.2) is 83.8 Å². The second-order valence-electron chi connectivity index (χ2n) is 9.24. The Bertz CT molecular complexity index is 1360. The molecule has 0 heterocycles. The number of nitrogens with zero attached hydrogens (tertiary/aromatic N) is 2. The third kappa shape index (κ3) is 7.51. The van der Waals surface area contributed by atoms with Crippen molar-refractivity contribution >= 4 is 27.5 Å². The van der Waals surface area contributed by atoms with Crippen LogP contribution in [-0.2, 0) is 26.2 Å². The first-order valence-corrected chi connectivity index (χ1v) is 14.0. The lowest BCUT2D eigenvalue weighted by molar-refractivity contribution is -0.139. The highest BCUT2D eigenvalue weighted by Crippen LogP contribution is 2.26. The summed E-state index contributed by atoms with van der Waals surface area (Å²) >= 11 is 0. The second-order valence-corrected chi connectivity index (χ2v) is 11.1. The van der Waals surface area contributed by atoms with Gasteiger partial charge in [0.25, 0.3) is 10.0 Å². The average molecular weight is 554 g/mol. The highest BCUT2D eigenvalue weighted by molar-refractivity contribution is 7.92. The van der Waals surface area contributed by atoms with Crippen LogP contribution in [0, 0.1) is 0 Å². The lowest BCUT2D eigenvalue weighted by Crippen LogP contribution is -2.52. The Morgan fingerprint density at radius 3 is 2.08 bits per heavy atom. The van der Waals surface area contributed by atoms with E-state index in [1.54, 1.807) is 74.7 Å². The van der Waals surface area contributed by atoms with Crippen LogP contribution in [0.1, 0.15) is 26.3 Å². The minimum absolute atomic E-state index is 0.0403. The predicted molar refractivity (Wildman–Crippen MR) is 150 cm³/mol. The quantitative estimate of drug-likeness (QED) is 0.365. The number of hydrogen-bond donors (Lipinski definition) is 1. The molecule has 0 aliphatic heterocycles. The standard InChI is InChI=1S/C29H35N3O6S/c1-21(2)30-29(34)22(3)31(19-23-10-9-11-26(18-23)38-5)28(33)20-32(24-14-16-25(37-4)17-15-24)39(35,36)27-12-7-6-8-13-27/h6-18,21-22H,19-20H2,1-5H3,(H,30,34)/t22-/m1/s1. The van der Waals surface area contributed by atoms with Crippen LogP contribution in [0.3, 0.4) is 0 Å². The van der Waals surface area contributed by atoms with Crippen molar-refractivity contribution in [2.75, 3.05) is 25.1 Å². The SMILES string of the molecule is COc1ccc(N(CC(=O)N(Cc2cccc(OC)c2)[C@H](C)C(=O)NC(C)C)S(=O)(=O)c2ccccc2)cc1. The molecule has 2 amide bonds. The normalized spacial score (nSPS) is 11.9. The van der Waals surface area contributed by atoms with Gasteiger partial charge in [0.2, 0.25) is 11.8 Å². The predicted octanol–water partition coefficient (Wildman–Crippen LogP) is 3.84. The third-order valence-corrected chi connectivity index (χ3v) is 7.84. The molecule has 9 nitrogen and oxygen atoms in total. The van der Waals surface area contributed by atoms with E-state index >= 15 is 0 Å². The summed E-state index contributed by atoms with van der Waals surface area (Å²) in [5.74, 6) is 0.258. The Kier molecular flexibility index (Phi) is 9.95. The van der Waals surface area contributed by atoms with Gasteiger partial charge in [-0.1, -0.05) is 30.3 Å². The number of anilines is 1. The Morgan fingerprint density at radius 2 is 1.49 bits per heavy atom. The van der Waals surface area contributed by atoms with Crippen LogP contribution >= 0.6 is 0 Å². The zero-order valence-corrected chi connectivity index (χ0v) is 23.6. The van der Waals surface area contributed by atoms with E-state index in [1.165, 1.54) is 24.1 Å². The van der Waals surface area contributed by atoms with E-state index in [2.05, 4.69) is 5.32 Å². The maximum absolute atomic E-state index is 13.9. The number of carbonyl (C=O) groups is 2. The fourth-order valence-electron chi connectivity index (χ4n) is 3.95. The maximum Gasteiger partial charge on any atom is 0.264 e. The topological polar surface area (TPSA) is 105 Å². The number of amides is 2. The van der Waals surface area contributed by atoms with E-state index in [0.29, 0.717) is 11.5 Å². The van der Waals surface area contributed by atoms with Crippen LogP contribution in [0.25, 0.3) is 0 Å². The molecule has 0 saturated heterocycles. The van der Waals surface area contributed by atoms with Crippen LogP contribution in [-0.4, -0.2) is 58.0 Å². The van der Waals surface area contributed by atoms with E-state index in [-0.39, 0.29) is 29.1 Å². The van der Waals surface area contributed by atoms with E-state index in [9.17, 15) is 18.0 Å². The first kappa shape index (κ1) is 29.5. The number of benzene rings is 3. The lowest BCUT2D eigenvalue weighted by atomic mass is 10.1. The second kappa shape index (κ2) is 13.1. The average Bonchev–Trinajstić information content (AvgIpc) is 2.94. The molecule has 0 spiro atoms. The number of sulfonamides is 1. The van der Waals surface area contributed by atoms with E-state index < -0.39 is 28.5 Å². The summed E-state index contributed by atoms with van der Waals surface area (Å²) in [6, 6.07) is 20.5. The van der Waals surface area contributed by atoms with E-state index in [0.717, 1.165) is 9.87 Å². The zero-order chi connectivity index (χ0) is 28.6. The summed E-state index contributed by atoms with van der Waals surface area (Å²) in [4.78, 5) is 28.3. The van der Waals surface area contributed by atoms with Gasteiger partial charge in [0.1, 0.15) is 24.1 Å². The van der Waals surface area contributed by atoms with Gasteiger partial charge in [0, 0.05) is 12.6 Å². The Balaban J connectivity index is 2.03. The van der Waals surface area contributed by atoms with Gasteiger partial charge in [0.15, 0.2) is 0 Å². The van der Waals surface area contributed by atoms with Gasteiger partial charge in [-0.05, 0) is 74.9 Å². The van der Waals surface area contributed by atoms with E-state index in [1.807, 2.05) is 19.9 Å². The van der Waals surface area contributed by atoms with Crippen molar-refractivity contribution in [2.45, 2.75) is 44.3 Å². The first-order valence-electron chi connectivity index (χ1n) is 12.5. The molecular formula is C29H35N3O6S. The van der Waals surface area contributed by atoms with Crippen molar-refractivity contribution in [1.82, 2.24) is 10.2 Å². The smallest absolute Gasteiger partial charge is 0.264 e. The van der Waals surface area contributed by atoms with Crippen LogP contribution < -0.4 is 19.1 Å². The van der Waals surface area contributed by atoms with Crippen molar-refractivity contribution < 1.29 is 27.5 Å². The van der Waals surface area contributed by atoms with Crippen molar-refractivity contribution in [1.29, 1.82) is 0 Å². The molecule has 0 bridgehead atoms. The highest BCUT2D eigenvalue weighted by Gasteiger charge is 2.32. The lowest BCUT2D eigenvalue weighted by Gasteiger charge is -2.32. The number of methoxy groups -OCH3 is 2. The number of carbonyl (C=O) groups excluding carboxylic acids is 2. The molecule has 3 aromatic rings. The summed E-state index contributed by atoms with van der Waals surface area (Å²) in [5, 5.41) is 2.84. The fourth-order valence-corrected chi connectivity index (χ4v) is 5.39. The Morgan fingerprint density at radius 1 is 0.846 bits per heavy atom. The summed E-state index contributed by atoms with van der Waals surface area (Å²) < 4.78 is 39.1. The van der Waals surface area contributed by atoms with Gasteiger partial charge < -0.3 is 19.7 Å². The largest absolute Gasteiger partial charge is 0.497 e. The fraction of sp³-hybridized carbons (Fsp3) is 0.310. The van der Waals surface area contributed by atoms with Crippen molar-refractivity contribution in [3.63, 3.8) is 0 Å². The molecule has 0 radical (unpaired) electrons. The first-order chi connectivity index (χ1) is 18.6. The summed E-state index contributed by atoms with van der Waals surface area (Å²) in [6.07, 6.45) is 0. The summed E-state index contributed by atoms with van der Waals surface area (Å²) in [6.45, 7) is 4.84. The molecular weight excluding hydrogens is 518 g/mol. The van der Waals surface area contributed by atoms with Crippen molar-refractivity contribution in [2.24, 2.45) is 0 Å². The molecule has 3 aromatic carbocycles. The van der Waals surface area contributed by atoms with Crippen molar-refractivity contribution in [3.05, 3.63) is 84.4 Å². The molecule has 0 saturated carbocycles. The van der Waals surface area contributed by atoms with Crippen LogP contribution in [0.4, 0.5) is 5.69 Å². The van der Waals surface area contributed by atoms with Crippen LogP contribution in [0.5, 0.6) is 11.5 Å². The van der Waals surface area contributed by atoms with Gasteiger partial charge in [-0.2, -0.15) is 0 Å². The number of rotatable bonds is 12. The summed E-state index contributed by atoms with van der Waals surface area (Å²) in [5.41, 5.74) is 1.02. The van der Waals surface area contributed by atoms with E-state index in [4.69, 9.17) is 9.47 Å². The Hall–Kier alpha value is -4.05. The molecule has 10 heteroatoms. The van der Waals surface area contributed by atoms with Gasteiger partial charge in [-0.15, -0.1) is 0 Å². The molecule has 208 valence electrons. The molecule has 0 aliphatic carbocycles. The molecule has 39 heavy (non-hydrogen) atoms. The monoisotopic (exact) mass is 553 g/mol. The van der Waals surface area contributed by atoms with Crippen LogP contribution in [0.2, 0.25) is 0 Å². The number of nitrogens with one attached hydrogen (secondary N) is 1. The zero-order valence-electron chi connectivity index (χ0n) is 22.8. The molecule has 0 unspecified atom stereocenters. The molecule has 1 N–H and O–H groups in total. The van der Waals surface area contributed by atoms with Crippen molar-refractivity contribution in [3.8, 4) is 11.5 Å². The third-order valence-electron chi connectivity index (χ3n) is 6.06. The highest BCUT2D eigenvalue weighted by atomic mass is 32.2.